The summed E-state index contributed by atoms with van der Waals surface area (Å²) in [5.74, 6) is -0.618. The van der Waals surface area contributed by atoms with Crippen molar-refractivity contribution in [3.05, 3.63) is 58.9 Å². The topological polar surface area (TPSA) is 72.2 Å². The Morgan fingerprint density at radius 3 is 2.43 bits per heavy atom. The molecule has 0 atom stereocenters. The van der Waals surface area contributed by atoms with Gasteiger partial charge in [0.1, 0.15) is 5.82 Å². The van der Waals surface area contributed by atoms with Crippen LogP contribution in [0.3, 0.4) is 0 Å². The van der Waals surface area contributed by atoms with Gasteiger partial charge in [-0.15, -0.1) is 0 Å². The van der Waals surface area contributed by atoms with E-state index in [1.54, 1.807) is 12.1 Å². The molecule has 21 heavy (non-hydrogen) atoms. The van der Waals surface area contributed by atoms with Gasteiger partial charge in [-0.1, -0.05) is 12.1 Å². The Balaban J connectivity index is 2.42. The molecule has 0 radical (unpaired) electrons. The van der Waals surface area contributed by atoms with Crippen molar-refractivity contribution in [3.63, 3.8) is 0 Å². The summed E-state index contributed by atoms with van der Waals surface area (Å²) in [5, 5.41) is 0. The van der Waals surface area contributed by atoms with E-state index >= 15 is 0 Å². The fraction of sp³-hybridized carbons (Fsp3) is 0.200. The van der Waals surface area contributed by atoms with Crippen molar-refractivity contribution in [1.29, 1.82) is 0 Å². The molecule has 4 nitrogen and oxygen atoms in total. The summed E-state index contributed by atoms with van der Waals surface area (Å²) in [7, 11) is -3.88. The van der Waals surface area contributed by atoms with Crippen molar-refractivity contribution < 1.29 is 12.8 Å². The molecule has 2 aromatic carbocycles. The molecular weight excluding hydrogens is 291 g/mol. The highest BCUT2D eigenvalue weighted by molar-refractivity contribution is 7.92. The zero-order valence-electron chi connectivity index (χ0n) is 11.9. The molecule has 3 N–H and O–H groups in total. The highest BCUT2D eigenvalue weighted by atomic mass is 32.2. The predicted molar refractivity (Wildman–Crippen MR) is 81.0 cm³/mol. The van der Waals surface area contributed by atoms with E-state index in [1.165, 1.54) is 12.1 Å². The number of aryl methyl sites for hydroxylation is 2. The maximum absolute atomic E-state index is 13.3. The van der Waals surface area contributed by atoms with E-state index in [9.17, 15) is 12.8 Å². The number of sulfonamides is 1. The van der Waals surface area contributed by atoms with Crippen molar-refractivity contribution in [1.82, 2.24) is 0 Å². The van der Waals surface area contributed by atoms with Gasteiger partial charge in [0, 0.05) is 12.2 Å². The van der Waals surface area contributed by atoms with E-state index in [2.05, 4.69) is 4.72 Å². The van der Waals surface area contributed by atoms with Crippen LogP contribution in [0.1, 0.15) is 16.7 Å². The second-order valence-electron chi connectivity index (χ2n) is 4.86. The molecule has 0 heterocycles. The highest BCUT2D eigenvalue weighted by Crippen LogP contribution is 2.22. The third-order valence-corrected chi connectivity index (χ3v) is 4.76. The smallest absolute Gasteiger partial charge is 0.262 e. The van der Waals surface area contributed by atoms with Crippen LogP contribution in [0.2, 0.25) is 0 Å². The van der Waals surface area contributed by atoms with Gasteiger partial charge in [-0.2, -0.15) is 0 Å². The van der Waals surface area contributed by atoms with Crippen LogP contribution < -0.4 is 10.5 Å². The standard InChI is InChI=1S/C15H17FN2O2S/c1-10-3-6-14(7-11(10)2)18-21(19,20)15-8-13(16)5-4-12(15)9-17/h3-8,18H,9,17H2,1-2H3. The average Bonchev–Trinajstić information content (AvgIpc) is 2.42. The molecule has 0 aliphatic heterocycles. The zero-order chi connectivity index (χ0) is 15.6. The van der Waals surface area contributed by atoms with Crippen LogP contribution in [0, 0.1) is 19.7 Å². The largest absolute Gasteiger partial charge is 0.326 e. The first-order chi connectivity index (χ1) is 9.83. The van der Waals surface area contributed by atoms with Gasteiger partial charge >= 0.3 is 0 Å². The van der Waals surface area contributed by atoms with Gasteiger partial charge in [-0.05, 0) is 54.8 Å². The monoisotopic (exact) mass is 308 g/mol. The molecule has 0 fully saturated rings. The molecule has 0 aliphatic rings. The Bertz CT molecular complexity index is 773. The molecule has 0 saturated heterocycles. The van der Waals surface area contributed by atoms with Crippen LogP contribution in [0.5, 0.6) is 0 Å². The summed E-state index contributed by atoms with van der Waals surface area (Å²) < 4.78 is 40.6. The van der Waals surface area contributed by atoms with E-state index in [0.29, 0.717) is 11.3 Å². The summed E-state index contributed by atoms with van der Waals surface area (Å²) in [6.07, 6.45) is 0. The second kappa shape index (κ2) is 5.83. The third kappa shape index (κ3) is 3.40. The zero-order valence-corrected chi connectivity index (χ0v) is 12.7. The van der Waals surface area contributed by atoms with Crippen LogP contribution in [-0.2, 0) is 16.6 Å². The normalized spacial score (nSPS) is 11.4. The lowest BCUT2D eigenvalue weighted by Gasteiger charge is -2.12. The molecule has 0 aromatic heterocycles. The lowest BCUT2D eigenvalue weighted by molar-refractivity contribution is 0.593. The van der Waals surface area contributed by atoms with Gasteiger partial charge in [-0.3, -0.25) is 4.72 Å². The number of nitrogens with two attached hydrogens (primary N) is 1. The third-order valence-electron chi connectivity index (χ3n) is 3.30. The summed E-state index contributed by atoms with van der Waals surface area (Å²) in [6.45, 7) is 3.84. The first-order valence-corrected chi connectivity index (χ1v) is 7.90. The van der Waals surface area contributed by atoms with Crippen molar-refractivity contribution in [2.75, 3.05) is 4.72 Å². The summed E-state index contributed by atoms with van der Waals surface area (Å²) in [4.78, 5) is -0.136. The predicted octanol–water partition coefficient (Wildman–Crippen LogP) is 2.70. The Kier molecular flexibility index (Phi) is 4.29. The number of rotatable bonds is 4. The molecule has 0 saturated carbocycles. The van der Waals surface area contributed by atoms with Gasteiger partial charge in [0.05, 0.1) is 4.90 Å². The SMILES string of the molecule is Cc1ccc(NS(=O)(=O)c2cc(F)ccc2CN)cc1C. The van der Waals surface area contributed by atoms with E-state index in [4.69, 9.17) is 5.73 Å². The van der Waals surface area contributed by atoms with E-state index in [-0.39, 0.29) is 11.4 Å². The van der Waals surface area contributed by atoms with Gasteiger partial charge in [0.25, 0.3) is 10.0 Å². The minimum absolute atomic E-state index is 0.0173. The van der Waals surface area contributed by atoms with Gasteiger partial charge in [-0.25, -0.2) is 12.8 Å². The highest BCUT2D eigenvalue weighted by Gasteiger charge is 2.19. The maximum Gasteiger partial charge on any atom is 0.262 e. The van der Waals surface area contributed by atoms with Crippen molar-refractivity contribution in [2.45, 2.75) is 25.3 Å². The Morgan fingerprint density at radius 1 is 1.10 bits per heavy atom. The number of hydrogen-bond acceptors (Lipinski definition) is 3. The Morgan fingerprint density at radius 2 is 1.81 bits per heavy atom. The molecule has 2 aromatic rings. The summed E-state index contributed by atoms with van der Waals surface area (Å²) in [5.41, 5.74) is 8.35. The van der Waals surface area contributed by atoms with Gasteiger partial charge < -0.3 is 5.73 Å². The lowest BCUT2D eigenvalue weighted by Crippen LogP contribution is -2.16. The van der Waals surface area contributed by atoms with Crippen molar-refractivity contribution in [3.8, 4) is 0 Å². The Labute approximate surface area is 123 Å². The van der Waals surface area contributed by atoms with E-state index < -0.39 is 15.8 Å². The quantitative estimate of drug-likeness (QED) is 0.912. The first-order valence-electron chi connectivity index (χ1n) is 6.42. The first kappa shape index (κ1) is 15.5. The fourth-order valence-corrected chi connectivity index (χ4v) is 3.27. The molecule has 6 heteroatoms. The minimum Gasteiger partial charge on any atom is -0.326 e. The molecule has 0 bridgehead atoms. The van der Waals surface area contributed by atoms with Crippen molar-refractivity contribution >= 4 is 15.7 Å². The fourth-order valence-electron chi connectivity index (χ4n) is 1.96. The number of halogens is 1. The molecule has 0 aliphatic carbocycles. The number of nitrogens with one attached hydrogen (secondary N) is 1. The van der Waals surface area contributed by atoms with E-state index in [0.717, 1.165) is 17.2 Å². The lowest BCUT2D eigenvalue weighted by atomic mass is 10.1. The van der Waals surface area contributed by atoms with Gasteiger partial charge in [0.15, 0.2) is 0 Å². The van der Waals surface area contributed by atoms with Crippen LogP contribution in [0.25, 0.3) is 0 Å². The molecule has 0 unspecified atom stereocenters. The van der Waals surface area contributed by atoms with Crippen LogP contribution in [0.15, 0.2) is 41.3 Å². The van der Waals surface area contributed by atoms with E-state index in [1.807, 2.05) is 19.9 Å². The number of hydrogen-bond donors (Lipinski definition) is 2. The van der Waals surface area contributed by atoms with Gasteiger partial charge in [0.2, 0.25) is 0 Å². The van der Waals surface area contributed by atoms with Crippen LogP contribution >= 0.6 is 0 Å². The Hall–Kier alpha value is -1.92. The number of benzene rings is 2. The molecule has 0 spiro atoms. The minimum atomic E-state index is -3.88. The summed E-state index contributed by atoms with van der Waals surface area (Å²) in [6, 6.07) is 8.77. The molecule has 112 valence electrons. The number of anilines is 1. The van der Waals surface area contributed by atoms with Crippen LogP contribution in [-0.4, -0.2) is 8.42 Å². The molecule has 2 rings (SSSR count). The molecular formula is C15H17FN2O2S. The maximum atomic E-state index is 13.3. The van der Waals surface area contributed by atoms with Crippen LogP contribution in [0.4, 0.5) is 10.1 Å². The summed E-state index contributed by atoms with van der Waals surface area (Å²) >= 11 is 0. The molecule has 0 amide bonds. The van der Waals surface area contributed by atoms with Crippen molar-refractivity contribution in [2.24, 2.45) is 5.73 Å². The second-order valence-corrected chi connectivity index (χ2v) is 6.51. The average molecular weight is 308 g/mol.